The van der Waals surface area contributed by atoms with E-state index in [0.29, 0.717) is 6.54 Å². The Bertz CT molecular complexity index is 481. The summed E-state index contributed by atoms with van der Waals surface area (Å²) in [6, 6.07) is 9.86. The highest BCUT2D eigenvalue weighted by molar-refractivity contribution is 14.0. The lowest BCUT2D eigenvalue weighted by Gasteiger charge is -2.15. The lowest BCUT2D eigenvalue weighted by molar-refractivity contribution is 0.123. The molecule has 0 heterocycles. The number of benzene rings is 1. The first-order chi connectivity index (χ1) is 11.8. The Balaban J connectivity index is 0.00000312. The van der Waals surface area contributed by atoms with Gasteiger partial charge in [0.15, 0.2) is 5.96 Å². The average Bonchev–Trinajstić information content (AvgIpc) is 3.41. The predicted molar refractivity (Wildman–Crippen MR) is 114 cm³/mol. The maximum Gasteiger partial charge on any atom is 0.191 e. The normalized spacial score (nSPS) is 15.2. The van der Waals surface area contributed by atoms with E-state index in [1.54, 1.807) is 0 Å². The Morgan fingerprint density at radius 1 is 1.24 bits per heavy atom. The zero-order chi connectivity index (χ0) is 17.0. The minimum atomic E-state index is 0. The highest BCUT2D eigenvalue weighted by Crippen LogP contribution is 2.28. The summed E-state index contributed by atoms with van der Waals surface area (Å²) >= 11 is 0. The molecule has 1 atom stereocenters. The Kier molecular flexibility index (Phi) is 11.6. The number of nitrogens with zero attached hydrogens (tertiary/aromatic N) is 1. The van der Waals surface area contributed by atoms with E-state index in [0.717, 1.165) is 50.4 Å². The van der Waals surface area contributed by atoms with Gasteiger partial charge in [0.1, 0.15) is 11.9 Å². The summed E-state index contributed by atoms with van der Waals surface area (Å²) in [5, 5.41) is 6.61. The fraction of sp³-hybridized carbons (Fsp3) is 0.632. The van der Waals surface area contributed by atoms with Crippen LogP contribution in [0.4, 0.5) is 0 Å². The number of aliphatic imine (C=N–C) groups is 1. The molecule has 1 aliphatic rings. The molecule has 0 bridgehead atoms. The molecule has 1 aromatic carbocycles. The summed E-state index contributed by atoms with van der Waals surface area (Å²) in [7, 11) is 0. The first kappa shape index (κ1) is 22.0. The molecule has 0 aliphatic heterocycles. The van der Waals surface area contributed by atoms with Crippen molar-refractivity contribution in [2.24, 2.45) is 10.9 Å². The van der Waals surface area contributed by atoms with Gasteiger partial charge < -0.3 is 20.1 Å². The number of halogens is 1. The van der Waals surface area contributed by atoms with Gasteiger partial charge in [-0.1, -0.05) is 18.2 Å². The Morgan fingerprint density at radius 3 is 2.68 bits per heavy atom. The van der Waals surface area contributed by atoms with Gasteiger partial charge in [-0.05, 0) is 51.2 Å². The second-order valence-corrected chi connectivity index (χ2v) is 6.26. The van der Waals surface area contributed by atoms with Gasteiger partial charge in [0.2, 0.25) is 0 Å². The number of guanidine groups is 1. The molecule has 0 spiro atoms. The van der Waals surface area contributed by atoms with Crippen LogP contribution in [0.2, 0.25) is 0 Å². The van der Waals surface area contributed by atoms with Crippen LogP contribution in [0.15, 0.2) is 35.3 Å². The summed E-state index contributed by atoms with van der Waals surface area (Å²) in [5.41, 5.74) is 0. The first-order valence-electron chi connectivity index (χ1n) is 9.09. The van der Waals surface area contributed by atoms with E-state index in [4.69, 9.17) is 9.47 Å². The van der Waals surface area contributed by atoms with E-state index in [1.165, 1.54) is 12.8 Å². The molecule has 2 rings (SSSR count). The number of hydrogen-bond donors (Lipinski definition) is 2. The minimum absolute atomic E-state index is 0. The molecular formula is C19H32IN3O2. The van der Waals surface area contributed by atoms with Gasteiger partial charge in [-0.2, -0.15) is 0 Å². The zero-order valence-corrected chi connectivity index (χ0v) is 17.7. The molecule has 1 aromatic rings. The third-order valence-electron chi connectivity index (χ3n) is 3.74. The number of rotatable bonds is 11. The molecule has 0 radical (unpaired) electrons. The van der Waals surface area contributed by atoms with Crippen LogP contribution in [0.5, 0.6) is 5.75 Å². The van der Waals surface area contributed by atoms with E-state index in [-0.39, 0.29) is 30.1 Å². The molecule has 1 saturated carbocycles. The van der Waals surface area contributed by atoms with Crippen molar-refractivity contribution in [3.63, 3.8) is 0 Å². The van der Waals surface area contributed by atoms with Crippen LogP contribution < -0.4 is 15.4 Å². The topological polar surface area (TPSA) is 54.9 Å². The largest absolute Gasteiger partial charge is 0.489 e. The molecular weight excluding hydrogens is 429 g/mol. The summed E-state index contributed by atoms with van der Waals surface area (Å²) in [4.78, 5) is 4.59. The quantitative estimate of drug-likeness (QED) is 0.230. The molecule has 5 nitrogen and oxygen atoms in total. The van der Waals surface area contributed by atoms with E-state index < -0.39 is 0 Å². The maximum atomic E-state index is 5.85. The second-order valence-electron chi connectivity index (χ2n) is 6.26. The standard InChI is InChI=1S/C19H31N3O2.HI/c1-3-20-19(21-12-7-13-23-15-17-10-11-17)22-14-16(2)24-18-8-5-4-6-9-18;/h4-6,8-9,16-17H,3,7,10-15H2,1-2H3,(H2,20,21,22);1H. The van der Waals surface area contributed by atoms with Gasteiger partial charge >= 0.3 is 0 Å². The molecule has 6 heteroatoms. The lowest BCUT2D eigenvalue weighted by Crippen LogP contribution is -2.38. The van der Waals surface area contributed by atoms with Crippen molar-refractivity contribution >= 4 is 29.9 Å². The Hall–Kier alpha value is -1.02. The Morgan fingerprint density at radius 2 is 2.00 bits per heavy atom. The fourth-order valence-corrected chi connectivity index (χ4v) is 2.25. The van der Waals surface area contributed by atoms with Crippen molar-refractivity contribution in [1.29, 1.82) is 0 Å². The van der Waals surface area contributed by atoms with Gasteiger partial charge in [0.25, 0.3) is 0 Å². The molecule has 0 amide bonds. The summed E-state index contributed by atoms with van der Waals surface area (Å²) in [5.74, 6) is 2.55. The molecule has 1 unspecified atom stereocenters. The maximum absolute atomic E-state index is 5.85. The van der Waals surface area contributed by atoms with Gasteiger partial charge in [-0.15, -0.1) is 24.0 Å². The second kappa shape index (κ2) is 13.2. The minimum Gasteiger partial charge on any atom is -0.489 e. The van der Waals surface area contributed by atoms with Gasteiger partial charge in [0.05, 0.1) is 6.54 Å². The number of para-hydroxylation sites is 1. The van der Waals surface area contributed by atoms with Crippen molar-refractivity contribution in [2.75, 3.05) is 32.8 Å². The molecule has 1 fully saturated rings. The third kappa shape index (κ3) is 10.5. The van der Waals surface area contributed by atoms with Crippen molar-refractivity contribution in [1.82, 2.24) is 10.6 Å². The van der Waals surface area contributed by atoms with E-state index in [1.807, 2.05) is 37.3 Å². The lowest BCUT2D eigenvalue weighted by atomic mass is 10.3. The highest BCUT2D eigenvalue weighted by Gasteiger charge is 2.20. The van der Waals surface area contributed by atoms with E-state index in [2.05, 4.69) is 22.5 Å². The smallest absolute Gasteiger partial charge is 0.191 e. The summed E-state index contributed by atoms with van der Waals surface area (Å²) < 4.78 is 11.5. The van der Waals surface area contributed by atoms with Gasteiger partial charge in [0, 0.05) is 26.3 Å². The highest BCUT2D eigenvalue weighted by atomic mass is 127. The van der Waals surface area contributed by atoms with Crippen molar-refractivity contribution < 1.29 is 9.47 Å². The fourth-order valence-electron chi connectivity index (χ4n) is 2.25. The summed E-state index contributed by atoms with van der Waals surface area (Å²) in [6.07, 6.45) is 3.72. The number of nitrogens with one attached hydrogen (secondary N) is 2. The van der Waals surface area contributed by atoms with Crippen LogP contribution in [0, 0.1) is 5.92 Å². The summed E-state index contributed by atoms with van der Waals surface area (Å²) in [6.45, 7) is 8.18. The molecule has 0 saturated heterocycles. The van der Waals surface area contributed by atoms with Crippen LogP contribution in [0.25, 0.3) is 0 Å². The average molecular weight is 461 g/mol. The van der Waals surface area contributed by atoms with Crippen LogP contribution in [0.1, 0.15) is 33.1 Å². The number of hydrogen-bond acceptors (Lipinski definition) is 3. The number of ether oxygens (including phenoxy) is 2. The third-order valence-corrected chi connectivity index (χ3v) is 3.74. The molecule has 142 valence electrons. The van der Waals surface area contributed by atoms with Gasteiger partial charge in [-0.25, -0.2) is 4.99 Å². The molecule has 0 aromatic heterocycles. The first-order valence-corrected chi connectivity index (χ1v) is 9.09. The molecule has 2 N–H and O–H groups in total. The zero-order valence-electron chi connectivity index (χ0n) is 15.4. The molecule has 25 heavy (non-hydrogen) atoms. The van der Waals surface area contributed by atoms with Crippen LogP contribution in [0.3, 0.4) is 0 Å². The van der Waals surface area contributed by atoms with Crippen LogP contribution in [-0.2, 0) is 4.74 Å². The SMILES string of the molecule is CCNC(=NCC(C)Oc1ccccc1)NCCCOCC1CC1.I. The monoisotopic (exact) mass is 461 g/mol. The van der Waals surface area contributed by atoms with E-state index in [9.17, 15) is 0 Å². The molecule has 1 aliphatic carbocycles. The van der Waals surface area contributed by atoms with E-state index >= 15 is 0 Å². The van der Waals surface area contributed by atoms with Gasteiger partial charge in [-0.3, -0.25) is 0 Å². The van der Waals surface area contributed by atoms with Crippen LogP contribution in [-0.4, -0.2) is 44.9 Å². The van der Waals surface area contributed by atoms with Crippen LogP contribution >= 0.6 is 24.0 Å². The van der Waals surface area contributed by atoms with Crippen molar-refractivity contribution in [3.8, 4) is 5.75 Å². The predicted octanol–water partition coefficient (Wildman–Crippen LogP) is 3.44. The van der Waals surface area contributed by atoms with Crippen molar-refractivity contribution in [3.05, 3.63) is 30.3 Å². The Labute approximate surface area is 169 Å². The van der Waals surface area contributed by atoms with Crippen molar-refractivity contribution in [2.45, 2.75) is 39.2 Å².